The number of alkyl halides is 1. The van der Waals surface area contributed by atoms with Gasteiger partial charge in [0.15, 0.2) is 0 Å². The van der Waals surface area contributed by atoms with E-state index < -0.39 is 22.1 Å². The smallest absolute Gasteiger partial charge is 0.352 e. The van der Waals surface area contributed by atoms with Crippen LogP contribution < -0.4 is 5.73 Å². The third-order valence-electron chi connectivity index (χ3n) is 3.77. The Hall–Kier alpha value is -1.59. The molecule has 1 fully saturated rings. The molecule has 142 valence electrons. The predicted molar refractivity (Wildman–Crippen MR) is 97.4 cm³/mol. The molecule has 2 atom stereocenters. The zero-order valence-corrected chi connectivity index (χ0v) is 16.0. The van der Waals surface area contributed by atoms with Gasteiger partial charge in [-0.25, -0.2) is 4.79 Å². The molecule has 0 radical (unpaired) electrons. The van der Waals surface area contributed by atoms with E-state index in [1.165, 1.54) is 28.8 Å². The second kappa shape index (κ2) is 7.97. The number of amides is 1. The Kier molecular flexibility index (Phi) is 6.35. The number of carboxylic acid groups (broad SMARTS) is 1. The summed E-state index contributed by atoms with van der Waals surface area (Å²) in [6.45, 7) is 1.84. The molecule has 0 aliphatic carbocycles. The molecule has 0 aromatic heterocycles. The van der Waals surface area contributed by atoms with Gasteiger partial charge < -0.3 is 10.8 Å². The molecule has 1 aromatic carbocycles. The van der Waals surface area contributed by atoms with Crippen molar-refractivity contribution < 1.29 is 27.7 Å². The molecular formula is C15H17ClN2O6S2. The van der Waals surface area contributed by atoms with Gasteiger partial charge >= 0.3 is 5.97 Å². The molecule has 2 aliphatic rings. The molecule has 2 aliphatic heterocycles. The highest BCUT2D eigenvalue weighted by atomic mass is 35.5. The topological polar surface area (TPSA) is 138 Å². The summed E-state index contributed by atoms with van der Waals surface area (Å²) >= 11 is 7.09. The van der Waals surface area contributed by atoms with Crippen LogP contribution in [-0.4, -0.2) is 57.9 Å². The van der Waals surface area contributed by atoms with E-state index in [1.807, 2.05) is 6.92 Å². The summed E-state index contributed by atoms with van der Waals surface area (Å²) in [5, 5.41) is 8.77. The maximum atomic E-state index is 11.4. The number of thioether (sulfide) groups is 1. The fraction of sp³-hybridized carbons (Fsp3) is 0.333. The lowest BCUT2D eigenvalue weighted by Gasteiger charge is -2.47. The van der Waals surface area contributed by atoms with Crippen LogP contribution in [0.25, 0.3) is 0 Å². The minimum Gasteiger partial charge on any atom is -0.477 e. The van der Waals surface area contributed by atoms with Crippen molar-refractivity contribution in [2.75, 3.05) is 11.6 Å². The van der Waals surface area contributed by atoms with Crippen molar-refractivity contribution in [3.8, 4) is 0 Å². The predicted octanol–water partition coefficient (Wildman–Crippen LogP) is 1.05. The number of β-lactam (4-membered cyclic amide) rings is 1. The standard InChI is InChI=1S/C8H9ClN2O3S.C7H8O3S/c9-1-3-2-15-7-4(10)6(12)11(7)5(3)8(13)14;1-6-2-4-7(5-3-6)11(8,9)10/h4,7H,1-2,10H2,(H,13,14);2-5H,1H3,(H,8,9,10)/t4-,7+;/m1./s1. The summed E-state index contributed by atoms with van der Waals surface area (Å²) in [6.07, 6.45) is 0. The van der Waals surface area contributed by atoms with E-state index >= 15 is 0 Å². The van der Waals surface area contributed by atoms with Crippen LogP contribution >= 0.6 is 23.4 Å². The highest BCUT2D eigenvalue weighted by molar-refractivity contribution is 8.00. The average molecular weight is 421 g/mol. The summed E-state index contributed by atoms with van der Waals surface area (Å²) < 4.78 is 29.6. The molecule has 8 nitrogen and oxygen atoms in total. The number of nitrogens with zero attached hydrogens (tertiary/aromatic N) is 1. The number of benzene rings is 1. The first kappa shape index (κ1) is 20.7. The minimum atomic E-state index is -4.02. The Morgan fingerprint density at radius 3 is 2.42 bits per heavy atom. The van der Waals surface area contributed by atoms with Gasteiger partial charge in [-0.2, -0.15) is 8.42 Å². The number of hydrogen-bond donors (Lipinski definition) is 3. The number of halogens is 1. The molecule has 1 saturated heterocycles. The number of fused-ring (bicyclic) bond motifs is 1. The highest BCUT2D eigenvalue weighted by Gasteiger charge is 2.51. The van der Waals surface area contributed by atoms with Crippen molar-refractivity contribution in [1.82, 2.24) is 4.90 Å². The zero-order chi connectivity index (χ0) is 19.6. The van der Waals surface area contributed by atoms with E-state index in [9.17, 15) is 18.0 Å². The van der Waals surface area contributed by atoms with Crippen LogP contribution in [0.2, 0.25) is 0 Å². The van der Waals surface area contributed by atoms with Crippen LogP contribution in [-0.2, 0) is 19.7 Å². The number of aryl methyl sites for hydroxylation is 1. The molecule has 1 amide bonds. The number of rotatable bonds is 3. The SMILES string of the molecule is Cc1ccc(S(=O)(=O)O)cc1.N[C@@H]1C(=O)N2C(C(=O)O)=C(CCl)CS[C@@H]12. The molecule has 26 heavy (non-hydrogen) atoms. The minimum absolute atomic E-state index is 0.0143. The summed E-state index contributed by atoms with van der Waals surface area (Å²) in [5.41, 5.74) is 7.11. The third kappa shape index (κ3) is 4.21. The van der Waals surface area contributed by atoms with Crippen LogP contribution in [0, 0.1) is 6.92 Å². The van der Waals surface area contributed by atoms with E-state index in [-0.39, 0.29) is 27.8 Å². The van der Waals surface area contributed by atoms with Gasteiger partial charge in [-0.05, 0) is 24.6 Å². The second-order valence-electron chi connectivity index (χ2n) is 5.61. The summed E-state index contributed by atoms with van der Waals surface area (Å²) in [6, 6.07) is 5.41. The number of nitrogens with two attached hydrogens (primary N) is 1. The monoisotopic (exact) mass is 420 g/mol. The van der Waals surface area contributed by atoms with E-state index in [1.54, 1.807) is 12.1 Å². The lowest BCUT2D eigenvalue weighted by Crippen LogP contribution is -2.68. The van der Waals surface area contributed by atoms with Gasteiger partial charge in [0.2, 0.25) is 5.91 Å². The Balaban J connectivity index is 0.000000197. The highest BCUT2D eigenvalue weighted by Crippen LogP contribution is 2.39. The average Bonchev–Trinajstić information content (AvgIpc) is 2.59. The van der Waals surface area contributed by atoms with Crippen LogP contribution in [0.15, 0.2) is 40.4 Å². The molecule has 2 heterocycles. The van der Waals surface area contributed by atoms with Gasteiger partial charge in [0.25, 0.3) is 10.1 Å². The van der Waals surface area contributed by atoms with Crippen molar-refractivity contribution in [3.05, 3.63) is 41.1 Å². The zero-order valence-electron chi connectivity index (χ0n) is 13.6. The molecular weight excluding hydrogens is 404 g/mol. The lowest BCUT2D eigenvalue weighted by molar-refractivity contribution is -0.147. The van der Waals surface area contributed by atoms with Gasteiger partial charge in [-0.15, -0.1) is 23.4 Å². The van der Waals surface area contributed by atoms with Crippen LogP contribution in [0.3, 0.4) is 0 Å². The van der Waals surface area contributed by atoms with Gasteiger partial charge in [0.1, 0.15) is 17.1 Å². The fourth-order valence-corrected chi connectivity index (χ4v) is 4.50. The number of carboxylic acids is 1. The van der Waals surface area contributed by atoms with E-state index in [0.717, 1.165) is 5.56 Å². The summed E-state index contributed by atoms with van der Waals surface area (Å²) in [7, 11) is -4.02. The lowest BCUT2D eigenvalue weighted by atomic mass is 10.0. The first-order chi connectivity index (χ1) is 12.1. The molecule has 0 unspecified atom stereocenters. The summed E-state index contributed by atoms with van der Waals surface area (Å²) in [5.74, 6) is -0.809. The quantitative estimate of drug-likeness (QED) is 0.374. The van der Waals surface area contributed by atoms with Gasteiger partial charge in [0, 0.05) is 11.6 Å². The first-order valence-electron chi connectivity index (χ1n) is 7.33. The Morgan fingerprint density at radius 1 is 1.38 bits per heavy atom. The van der Waals surface area contributed by atoms with Gasteiger partial charge in [-0.1, -0.05) is 17.7 Å². The Labute approximate surface area is 159 Å². The number of carbonyl (C=O) groups excluding carboxylic acids is 1. The molecule has 0 spiro atoms. The van der Waals surface area contributed by atoms with Crippen molar-refractivity contribution in [2.24, 2.45) is 5.73 Å². The normalized spacial score (nSPS) is 22.2. The van der Waals surface area contributed by atoms with Crippen LogP contribution in [0.5, 0.6) is 0 Å². The molecule has 0 bridgehead atoms. The van der Waals surface area contributed by atoms with Crippen LogP contribution in [0.1, 0.15) is 5.56 Å². The maximum Gasteiger partial charge on any atom is 0.352 e. The van der Waals surface area contributed by atoms with Crippen LogP contribution in [0.4, 0.5) is 0 Å². The maximum absolute atomic E-state index is 11.4. The molecule has 4 N–H and O–H groups in total. The first-order valence-corrected chi connectivity index (χ1v) is 10.4. The molecule has 0 saturated carbocycles. The third-order valence-corrected chi connectivity index (χ3v) is 6.32. The number of aliphatic carboxylic acids is 1. The van der Waals surface area contributed by atoms with E-state index in [2.05, 4.69) is 0 Å². The summed E-state index contributed by atoms with van der Waals surface area (Å²) in [4.78, 5) is 23.6. The number of hydrogen-bond acceptors (Lipinski definition) is 6. The largest absolute Gasteiger partial charge is 0.477 e. The molecule has 11 heteroatoms. The van der Waals surface area contributed by atoms with Crippen molar-refractivity contribution >= 4 is 45.4 Å². The molecule has 1 aromatic rings. The Bertz CT molecular complexity index is 853. The van der Waals surface area contributed by atoms with E-state index in [4.69, 9.17) is 27.0 Å². The Morgan fingerprint density at radius 2 is 1.96 bits per heavy atom. The van der Waals surface area contributed by atoms with Crippen molar-refractivity contribution in [3.63, 3.8) is 0 Å². The number of carbonyl (C=O) groups is 2. The van der Waals surface area contributed by atoms with Gasteiger partial charge in [0.05, 0.1) is 4.90 Å². The van der Waals surface area contributed by atoms with Crippen molar-refractivity contribution in [1.29, 1.82) is 0 Å². The molecule has 3 rings (SSSR count). The second-order valence-corrected chi connectivity index (χ2v) is 8.41. The van der Waals surface area contributed by atoms with E-state index in [0.29, 0.717) is 11.3 Å². The van der Waals surface area contributed by atoms with Crippen molar-refractivity contribution in [2.45, 2.75) is 23.2 Å². The fourth-order valence-electron chi connectivity index (χ4n) is 2.39. The van der Waals surface area contributed by atoms with Gasteiger partial charge in [-0.3, -0.25) is 14.2 Å².